The second-order valence-electron chi connectivity index (χ2n) is 7.42. The maximum Gasteiger partial charge on any atom is 0.373 e. The van der Waals surface area contributed by atoms with Crippen molar-refractivity contribution in [3.8, 4) is 0 Å². The van der Waals surface area contributed by atoms with Gasteiger partial charge in [0.05, 0.1) is 0 Å². The van der Waals surface area contributed by atoms with Crippen LogP contribution in [0.5, 0.6) is 0 Å². The topological polar surface area (TPSA) is 34.1 Å². The first-order valence-corrected chi connectivity index (χ1v) is 11.8. The largest absolute Gasteiger partial charge is 0.373 e. The van der Waals surface area contributed by atoms with Crippen LogP contribution in [0.1, 0.15) is 65.2 Å². The molecular formula is C17H35NbO2Si-. The fourth-order valence-corrected chi connectivity index (χ4v) is 2.26. The Labute approximate surface area is 149 Å². The molecule has 21 heavy (non-hydrogen) atoms. The average molecular weight is 392 g/mol. The summed E-state index contributed by atoms with van der Waals surface area (Å²) < 4.78 is 0. The van der Waals surface area contributed by atoms with Crippen molar-refractivity contribution in [2.45, 2.75) is 84.9 Å². The minimum absolute atomic E-state index is 0. The smallest absolute Gasteiger partial charge is 0.342 e. The molecule has 0 spiro atoms. The molecular weight excluding hydrogens is 357 g/mol. The van der Waals surface area contributed by atoms with Crippen molar-refractivity contribution in [1.29, 1.82) is 0 Å². The molecule has 0 aromatic rings. The number of hydrogen-bond donors (Lipinski definition) is 0. The molecule has 0 amide bonds. The molecule has 0 saturated heterocycles. The summed E-state index contributed by atoms with van der Waals surface area (Å²) in [7, 11) is -0.861. The number of rotatable bonds is 0. The summed E-state index contributed by atoms with van der Waals surface area (Å²) in [5.74, 6) is 2.09. The van der Waals surface area contributed by atoms with E-state index >= 15 is 0 Å². The van der Waals surface area contributed by atoms with Gasteiger partial charge in [-0.05, 0) is 11.8 Å². The summed E-state index contributed by atoms with van der Waals surface area (Å²) in [5, 5.41) is 0. The van der Waals surface area contributed by atoms with Crippen LogP contribution in [0.2, 0.25) is 19.6 Å². The van der Waals surface area contributed by atoms with Crippen LogP contribution in [0, 0.1) is 18.4 Å². The van der Waals surface area contributed by atoms with Crippen molar-refractivity contribution in [1.82, 2.24) is 0 Å². The number of hydrogen-bond acceptors (Lipinski definition) is 2. The Hall–Kier alpha value is 0.337. The van der Waals surface area contributed by atoms with Gasteiger partial charge in [-0.25, -0.2) is 0 Å². The first-order valence-electron chi connectivity index (χ1n) is 8.05. The Morgan fingerprint density at radius 1 is 0.810 bits per heavy atom. The van der Waals surface area contributed by atoms with Gasteiger partial charge in [-0.1, -0.05) is 84.9 Å². The third kappa shape index (κ3) is 33.3. The van der Waals surface area contributed by atoms with E-state index in [1.807, 2.05) is 0 Å². The third-order valence-electron chi connectivity index (χ3n) is 3.29. The maximum atomic E-state index is 8.12. The van der Waals surface area contributed by atoms with Crippen LogP contribution in [0.15, 0.2) is 0 Å². The minimum atomic E-state index is -0.861. The molecule has 0 aromatic heterocycles. The molecule has 2 saturated carbocycles. The van der Waals surface area contributed by atoms with Gasteiger partial charge in [-0.3, -0.25) is 0 Å². The molecule has 1 radical (unpaired) electrons. The summed E-state index contributed by atoms with van der Waals surface area (Å²) in [5.41, 5.74) is 0. The zero-order chi connectivity index (χ0) is 16.0. The molecule has 0 N–H and O–H groups in total. The molecule has 125 valence electrons. The van der Waals surface area contributed by atoms with Crippen molar-refractivity contribution in [2.24, 2.45) is 11.8 Å². The van der Waals surface area contributed by atoms with Crippen LogP contribution in [0.4, 0.5) is 0 Å². The predicted octanol–water partition coefficient (Wildman–Crippen LogP) is 5.50. The van der Waals surface area contributed by atoms with E-state index in [-0.39, 0.29) is 28.5 Å². The number of carbonyl (C=O) groups excluding carboxylic acids is 2. The first-order chi connectivity index (χ1) is 9.20. The summed E-state index contributed by atoms with van der Waals surface area (Å²) >= 11 is 0. The van der Waals surface area contributed by atoms with Gasteiger partial charge in [0.25, 0.3) is 0 Å². The monoisotopic (exact) mass is 392 g/mol. The van der Waals surface area contributed by atoms with E-state index in [1.165, 1.54) is 51.4 Å². The molecule has 2 aliphatic carbocycles. The Kier molecular flexibility index (Phi) is 20.9. The molecule has 4 heteroatoms. The fourth-order valence-electron chi connectivity index (χ4n) is 2.26. The molecule has 0 aromatic carbocycles. The van der Waals surface area contributed by atoms with E-state index in [9.17, 15) is 0 Å². The van der Waals surface area contributed by atoms with Crippen LogP contribution < -0.4 is 0 Å². The molecule has 0 aliphatic heterocycles. The summed E-state index contributed by atoms with van der Waals surface area (Å²) in [6, 6.07) is 0. The van der Waals surface area contributed by atoms with E-state index in [1.54, 1.807) is 0 Å². The van der Waals surface area contributed by atoms with E-state index < -0.39 is 8.07 Å². The second kappa shape index (κ2) is 16.7. The van der Waals surface area contributed by atoms with Gasteiger partial charge in [0.2, 0.25) is 0 Å². The van der Waals surface area contributed by atoms with E-state index in [0.717, 1.165) is 11.8 Å². The van der Waals surface area contributed by atoms with Crippen LogP contribution in [-0.4, -0.2) is 14.2 Å². The second-order valence-corrected chi connectivity index (χ2v) is 12.5. The van der Waals surface area contributed by atoms with Gasteiger partial charge in [0.1, 0.15) is 0 Å². The minimum Gasteiger partial charge on any atom is -0.342 e. The average Bonchev–Trinajstić information content (AvgIpc) is 2.91. The Morgan fingerprint density at radius 3 is 1.00 bits per heavy atom. The van der Waals surface area contributed by atoms with Crippen molar-refractivity contribution >= 4 is 14.2 Å². The van der Waals surface area contributed by atoms with Gasteiger partial charge in [-0.15, -0.1) is 8.07 Å². The summed E-state index contributed by atoms with van der Waals surface area (Å²) in [6.07, 6.45) is 12.1. The Balaban J connectivity index is -0.000000209. The van der Waals surface area contributed by atoms with Crippen LogP contribution in [-0.2, 0) is 32.0 Å². The Morgan fingerprint density at radius 2 is 0.952 bits per heavy atom. The molecule has 2 nitrogen and oxygen atoms in total. The SMILES string of the molecule is CC1CCCC1.CC1CCCC1.O=C=O.[CH2-][Si](C)(C)C.[Nb]. The molecule has 2 rings (SSSR count). The van der Waals surface area contributed by atoms with Crippen molar-refractivity contribution in [2.75, 3.05) is 0 Å². The Bertz CT molecular complexity index is 214. The molecule has 0 bridgehead atoms. The third-order valence-corrected chi connectivity index (χ3v) is 3.29. The maximum absolute atomic E-state index is 8.12. The quantitative estimate of drug-likeness (QED) is 0.403. The van der Waals surface area contributed by atoms with Crippen molar-refractivity contribution in [3.05, 3.63) is 6.55 Å². The van der Waals surface area contributed by atoms with Gasteiger partial charge < -0.3 is 6.55 Å². The van der Waals surface area contributed by atoms with Crippen LogP contribution in [0.25, 0.3) is 0 Å². The molecule has 0 atom stereocenters. The van der Waals surface area contributed by atoms with E-state index in [2.05, 4.69) is 40.0 Å². The first kappa shape index (κ1) is 26.2. The summed E-state index contributed by atoms with van der Waals surface area (Å²) in [4.78, 5) is 16.2. The van der Waals surface area contributed by atoms with Crippen LogP contribution in [0.3, 0.4) is 0 Å². The zero-order valence-electron chi connectivity index (χ0n) is 14.8. The van der Waals surface area contributed by atoms with Gasteiger partial charge in [0.15, 0.2) is 0 Å². The molecule has 2 fully saturated rings. The van der Waals surface area contributed by atoms with Gasteiger partial charge >= 0.3 is 6.15 Å². The predicted molar refractivity (Wildman–Crippen MR) is 89.0 cm³/mol. The van der Waals surface area contributed by atoms with Crippen molar-refractivity contribution < 1.29 is 32.0 Å². The standard InChI is InChI=1S/2C6H12.C4H11Si.CO2.Nb/c2*1-6-4-2-3-5-6;1-5(2,3)4;2-1-3;/h2*6H,2-5H2,1H3;1H2,2-4H3;;/q;;-1;;. The van der Waals surface area contributed by atoms with Gasteiger partial charge in [0, 0.05) is 22.4 Å². The molecule has 0 unspecified atom stereocenters. The normalized spacial score (nSPS) is 17.8. The van der Waals surface area contributed by atoms with Gasteiger partial charge in [-0.2, -0.15) is 9.59 Å². The van der Waals surface area contributed by atoms with E-state index in [0.29, 0.717) is 0 Å². The molecule has 0 heterocycles. The fraction of sp³-hybridized carbons (Fsp3) is 0.882. The molecule has 2 aliphatic rings. The van der Waals surface area contributed by atoms with Crippen molar-refractivity contribution in [3.63, 3.8) is 0 Å². The van der Waals surface area contributed by atoms with Crippen LogP contribution >= 0.6 is 0 Å². The zero-order valence-corrected chi connectivity index (χ0v) is 18.0. The summed E-state index contributed by atoms with van der Waals surface area (Å²) in [6.45, 7) is 15.2. The van der Waals surface area contributed by atoms with E-state index in [4.69, 9.17) is 9.59 Å².